The number of carbonyl (C=O) groups excluding carboxylic acids is 2. The second-order valence-electron chi connectivity index (χ2n) is 5.49. The summed E-state index contributed by atoms with van der Waals surface area (Å²) in [6, 6.07) is 7.67. The molecule has 1 atom stereocenters. The van der Waals surface area contributed by atoms with Gasteiger partial charge < -0.3 is 16.0 Å². The third kappa shape index (κ3) is 4.66. The van der Waals surface area contributed by atoms with Crippen molar-refractivity contribution in [2.75, 3.05) is 24.2 Å². The molecular formula is C16H23N3O2S. The normalized spacial score (nSPS) is 18.0. The van der Waals surface area contributed by atoms with E-state index in [0.717, 1.165) is 30.7 Å². The summed E-state index contributed by atoms with van der Waals surface area (Å²) in [6.07, 6.45) is 2.72. The molecule has 22 heavy (non-hydrogen) atoms. The summed E-state index contributed by atoms with van der Waals surface area (Å²) in [4.78, 5) is 26.4. The zero-order valence-electron chi connectivity index (χ0n) is 12.9. The minimum absolute atomic E-state index is 0.167. The summed E-state index contributed by atoms with van der Waals surface area (Å²) in [7, 11) is 0. The van der Waals surface area contributed by atoms with Gasteiger partial charge in [-0.1, -0.05) is 6.92 Å². The first-order chi connectivity index (χ1) is 10.6. The van der Waals surface area contributed by atoms with Crippen LogP contribution in [0, 0.1) is 5.92 Å². The minimum atomic E-state index is -0.324. The molecule has 0 spiro atoms. The van der Waals surface area contributed by atoms with Crippen molar-refractivity contribution in [3.05, 3.63) is 24.3 Å². The smallest absolute Gasteiger partial charge is 0.321 e. The highest BCUT2D eigenvalue weighted by Gasteiger charge is 2.26. The molecule has 0 radical (unpaired) electrons. The Morgan fingerprint density at radius 3 is 2.73 bits per heavy atom. The van der Waals surface area contributed by atoms with Crippen LogP contribution in [0.25, 0.3) is 0 Å². The molecule has 3 amide bonds. The predicted octanol–water partition coefficient (Wildman–Crippen LogP) is 2.92. The van der Waals surface area contributed by atoms with Gasteiger partial charge in [0.05, 0.1) is 5.92 Å². The molecule has 6 heteroatoms. The molecule has 2 rings (SSSR count). The van der Waals surface area contributed by atoms with Crippen LogP contribution in [0.2, 0.25) is 0 Å². The van der Waals surface area contributed by atoms with Gasteiger partial charge in [-0.15, -0.1) is 11.8 Å². The quantitative estimate of drug-likeness (QED) is 0.819. The molecule has 120 valence electrons. The topological polar surface area (TPSA) is 75.4 Å². The molecule has 1 aromatic rings. The Hall–Kier alpha value is -1.69. The number of nitrogens with zero attached hydrogens (tertiary/aromatic N) is 1. The van der Waals surface area contributed by atoms with Crippen molar-refractivity contribution in [3.8, 4) is 0 Å². The first-order valence-electron chi connectivity index (χ1n) is 7.68. The van der Waals surface area contributed by atoms with Crippen molar-refractivity contribution in [1.82, 2.24) is 4.90 Å². The van der Waals surface area contributed by atoms with Gasteiger partial charge in [0.2, 0.25) is 5.91 Å². The van der Waals surface area contributed by atoms with Gasteiger partial charge in [-0.25, -0.2) is 4.79 Å². The fourth-order valence-corrected chi connectivity index (χ4v) is 3.22. The van der Waals surface area contributed by atoms with E-state index in [0.29, 0.717) is 13.1 Å². The average Bonchev–Trinajstić information content (AvgIpc) is 2.54. The van der Waals surface area contributed by atoms with Crippen LogP contribution in [0.1, 0.15) is 26.2 Å². The summed E-state index contributed by atoms with van der Waals surface area (Å²) in [6.45, 7) is 3.23. The van der Waals surface area contributed by atoms with Crippen molar-refractivity contribution in [2.45, 2.75) is 31.1 Å². The number of thioether (sulfide) groups is 1. The fourth-order valence-electron chi connectivity index (χ4n) is 2.45. The molecule has 1 aliphatic rings. The van der Waals surface area contributed by atoms with Crippen molar-refractivity contribution in [3.63, 3.8) is 0 Å². The van der Waals surface area contributed by atoms with E-state index in [4.69, 9.17) is 5.73 Å². The Labute approximate surface area is 135 Å². The number of urea groups is 1. The van der Waals surface area contributed by atoms with E-state index in [-0.39, 0.29) is 17.9 Å². The zero-order chi connectivity index (χ0) is 15.9. The first-order valence-corrected chi connectivity index (χ1v) is 8.67. The van der Waals surface area contributed by atoms with Gasteiger partial charge in [0.1, 0.15) is 0 Å². The standard InChI is InChI=1S/C16H23N3O2S/c1-2-10-22-14-7-5-13(6-8-14)18-16(21)19-9-3-4-12(11-19)15(17)20/h5-8,12H,2-4,9-11H2,1H3,(H2,17,20)(H,18,21)/t12-/m0/s1. The number of hydrogen-bond donors (Lipinski definition) is 2. The van der Waals surface area contributed by atoms with Crippen LogP contribution >= 0.6 is 11.8 Å². The Morgan fingerprint density at radius 1 is 1.36 bits per heavy atom. The number of piperidine rings is 1. The second-order valence-corrected chi connectivity index (χ2v) is 6.66. The molecule has 1 aliphatic heterocycles. The Bertz CT molecular complexity index is 519. The second kappa shape index (κ2) is 8.08. The lowest BCUT2D eigenvalue weighted by atomic mass is 9.98. The molecule has 3 N–H and O–H groups in total. The van der Waals surface area contributed by atoms with Crippen LogP contribution < -0.4 is 11.1 Å². The van der Waals surface area contributed by atoms with Crippen molar-refractivity contribution >= 4 is 29.4 Å². The molecular weight excluding hydrogens is 298 g/mol. The van der Waals surface area contributed by atoms with Gasteiger partial charge in [0.15, 0.2) is 0 Å². The van der Waals surface area contributed by atoms with Gasteiger partial charge in [-0.3, -0.25) is 4.79 Å². The third-order valence-corrected chi connectivity index (χ3v) is 4.91. The lowest BCUT2D eigenvalue weighted by molar-refractivity contribution is -0.123. The summed E-state index contributed by atoms with van der Waals surface area (Å²) < 4.78 is 0. The number of benzene rings is 1. The number of hydrogen-bond acceptors (Lipinski definition) is 3. The highest BCUT2D eigenvalue weighted by molar-refractivity contribution is 7.99. The summed E-state index contributed by atoms with van der Waals surface area (Å²) >= 11 is 1.81. The number of carbonyl (C=O) groups is 2. The monoisotopic (exact) mass is 321 g/mol. The van der Waals surface area contributed by atoms with Crippen LogP contribution in [0.5, 0.6) is 0 Å². The number of nitrogens with two attached hydrogens (primary N) is 1. The number of likely N-dealkylation sites (tertiary alicyclic amines) is 1. The van der Waals surface area contributed by atoms with Gasteiger partial charge in [-0.2, -0.15) is 0 Å². The SMILES string of the molecule is CCCSc1ccc(NC(=O)N2CCC[C@H](C(N)=O)C2)cc1. The highest BCUT2D eigenvalue weighted by Crippen LogP contribution is 2.22. The van der Waals surface area contributed by atoms with Gasteiger partial charge in [0, 0.05) is 23.7 Å². The molecule has 0 unspecified atom stereocenters. The van der Waals surface area contributed by atoms with E-state index in [2.05, 4.69) is 12.2 Å². The highest BCUT2D eigenvalue weighted by atomic mass is 32.2. The number of amides is 3. The van der Waals surface area contributed by atoms with Crippen LogP contribution in [-0.4, -0.2) is 35.7 Å². The number of nitrogens with one attached hydrogen (secondary N) is 1. The molecule has 0 saturated carbocycles. The maximum absolute atomic E-state index is 12.3. The number of anilines is 1. The van der Waals surface area contributed by atoms with Crippen molar-refractivity contribution in [2.24, 2.45) is 11.7 Å². The molecule has 0 aromatic heterocycles. The van der Waals surface area contributed by atoms with E-state index < -0.39 is 0 Å². The first kappa shape index (κ1) is 16.7. The largest absolute Gasteiger partial charge is 0.369 e. The average molecular weight is 321 g/mol. The van der Waals surface area contributed by atoms with E-state index in [1.165, 1.54) is 4.90 Å². The van der Waals surface area contributed by atoms with E-state index in [1.807, 2.05) is 24.3 Å². The Kier molecular flexibility index (Phi) is 6.12. The molecule has 5 nitrogen and oxygen atoms in total. The number of rotatable bonds is 5. The minimum Gasteiger partial charge on any atom is -0.369 e. The van der Waals surface area contributed by atoms with E-state index >= 15 is 0 Å². The fraction of sp³-hybridized carbons (Fsp3) is 0.500. The van der Waals surface area contributed by atoms with Gasteiger partial charge in [-0.05, 0) is 49.3 Å². The molecule has 1 aromatic carbocycles. The summed E-state index contributed by atoms with van der Waals surface area (Å²) in [5, 5.41) is 2.88. The Balaban J connectivity index is 1.89. The molecule has 1 saturated heterocycles. The van der Waals surface area contributed by atoms with Crippen LogP contribution in [-0.2, 0) is 4.79 Å². The predicted molar refractivity (Wildman–Crippen MR) is 90.0 cm³/mol. The third-order valence-electron chi connectivity index (χ3n) is 3.69. The van der Waals surface area contributed by atoms with Crippen LogP contribution in [0.3, 0.4) is 0 Å². The Morgan fingerprint density at radius 2 is 2.09 bits per heavy atom. The maximum atomic E-state index is 12.3. The molecule has 0 bridgehead atoms. The van der Waals surface area contributed by atoms with Crippen LogP contribution in [0.15, 0.2) is 29.2 Å². The van der Waals surface area contributed by atoms with Crippen molar-refractivity contribution in [1.29, 1.82) is 0 Å². The van der Waals surface area contributed by atoms with Gasteiger partial charge in [0.25, 0.3) is 0 Å². The summed E-state index contributed by atoms with van der Waals surface area (Å²) in [5.74, 6) is 0.538. The molecule has 0 aliphatic carbocycles. The zero-order valence-corrected chi connectivity index (χ0v) is 13.7. The molecule has 1 fully saturated rings. The van der Waals surface area contributed by atoms with Gasteiger partial charge >= 0.3 is 6.03 Å². The number of primary amides is 1. The molecule has 1 heterocycles. The van der Waals surface area contributed by atoms with Crippen LogP contribution in [0.4, 0.5) is 10.5 Å². The lowest BCUT2D eigenvalue weighted by Crippen LogP contribution is -2.45. The van der Waals surface area contributed by atoms with Crippen molar-refractivity contribution < 1.29 is 9.59 Å². The lowest BCUT2D eigenvalue weighted by Gasteiger charge is -2.31. The summed E-state index contributed by atoms with van der Waals surface area (Å²) in [5.41, 5.74) is 6.11. The van der Waals surface area contributed by atoms with E-state index in [9.17, 15) is 9.59 Å². The van der Waals surface area contributed by atoms with E-state index in [1.54, 1.807) is 16.7 Å². The maximum Gasteiger partial charge on any atom is 0.321 e.